The van der Waals surface area contributed by atoms with E-state index >= 15 is 0 Å². The van der Waals surface area contributed by atoms with Crippen LogP contribution in [0.2, 0.25) is 5.02 Å². The van der Waals surface area contributed by atoms with E-state index in [1.165, 1.54) is 5.01 Å². The lowest BCUT2D eigenvalue weighted by Gasteiger charge is -2.35. The molecule has 1 N–H and O–H groups in total. The molecule has 0 atom stereocenters. The lowest BCUT2D eigenvalue weighted by Crippen LogP contribution is -2.55. The first kappa shape index (κ1) is 23.7. The lowest BCUT2D eigenvalue weighted by molar-refractivity contribution is 0.0358. The van der Waals surface area contributed by atoms with Crippen LogP contribution in [-0.4, -0.2) is 29.0 Å². The molecule has 5 nitrogen and oxygen atoms in total. The van der Waals surface area contributed by atoms with E-state index < -0.39 is 5.54 Å². The Labute approximate surface area is 184 Å². The molecule has 2 rings (SSSR count). The summed E-state index contributed by atoms with van der Waals surface area (Å²) in [5, 5.41) is 1.73. The van der Waals surface area contributed by atoms with Crippen molar-refractivity contribution in [1.82, 2.24) is 10.4 Å². The SMILES string of the molecule is CCc1ccc(C(=O)NN(C(=O)c2cc(Cl)cc(OCC(C)C)c2)C(C)(C)C)cc1. The number of hydrazine groups is 1. The third-order valence-corrected chi connectivity index (χ3v) is 4.63. The minimum atomic E-state index is -0.655. The van der Waals surface area contributed by atoms with Gasteiger partial charge in [-0.15, -0.1) is 0 Å². The van der Waals surface area contributed by atoms with E-state index in [2.05, 4.69) is 12.3 Å². The maximum Gasteiger partial charge on any atom is 0.272 e. The van der Waals surface area contributed by atoms with Gasteiger partial charge in [-0.1, -0.05) is 44.5 Å². The van der Waals surface area contributed by atoms with Crippen molar-refractivity contribution in [2.75, 3.05) is 6.61 Å². The average Bonchev–Trinajstić information content (AvgIpc) is 2.68. The summed E-state index contributed by atoms with van der Waals surface area (Å²) < 4.78 is 5.73. The predicted molar refractivity (Wildman–Crippen MR) is 121 cm³/mol. The Hall–Kier alpha value is -2.53. The molecule has 0 unspecified atom stereocenters. The molecule has 2 amide bonds. The van der Waals surface area contributed by atoms with Gasteiger partial charge < -0.3 is 4.74 Å². The quantitative estimate of drug-likeness (QED) is 0.613. The van der Waals surface area contributed by atoms with E-state index in [-0.39, 0.29) is 11.8 Å². The maximum atomic E-state index is 13.3. The van der Waals surface area contributed by atoms with Crippen LogP contribution in [0.5, 0.6) is 5.75 Å². The van der Waals surface area contributed by atoms with E-state index in [0.717, 1.165) is 12.0 Å². The Morgan fingerprint density at radius 1 is 1.07 bits per heavy atom. The topological polar surface area (TPSA) is 58.6 Å². The van der Waals surface area contributed by atoms with Crippen molar-refractivity contribution in [2.24, 2.45) is 5.92 Å². The molecule has 2 aromatic rings. The van der Waals surface area contributed by atoms with E-state index in [4.69, 9.17) is 16.3 Å². The molecule has 162 valence electrons. The summed E-state index contributed by atoms with van der Waals surface area (Å²) in [6.07, 6.45) is 0.893. The smallest absolute Gasteiger partial charge is 0.272 e. The second kappa shape index (κ2) is 9.98. The van der Waals surface area contributed by atoms with Gasteiger partial charge in [-0.3, -0.25) is 15.0 Å². The number of ether oxygens (including phenoxy) is 1. The van der Waals surface area contributed by atoms with Gasteiger partial charge in [0.25, 0.3) is 11.8 Å². The molecule has 2 aromatic carbocycles. The van der Waals surface area contributed by atoms with E-state index in [0.29, 0.717) is 34.4 Å². The van der Waals surface area contributed by atoms with Gasteiger partial charge in [0.2, 0.25) is 0 Å². The summed E-state index contributed by atoms with van der Waals surface area (Å²) in [6.45, 7) is 12.2. The molecule has 6 heteroatoms. The highest BCUT2D eigenvalue weighted by Crippen LogP contribution is 2.24. The Bertz CT molecular complexity index is 886. The molecule has 0 aliphatic carbocycles. The summed E-state index contributed by atoms with van der Waals surface area (Å²) in [5.74, 6) is 0.152. The highest BCUT2D eigenvalue weighted by atomic mass is 35.5. The third kappa shape index (κ3) is 6.49. The van der Waals surface area contributed by atoms with Gasteiger partial charge in [0.05, 0.1) is 12.1 Å². The van der Waals surface area contributed by atoms with Gasteiger partial charge in [-0.25, -0.2) is 5.01 Å². The largest absolute Gasteiger partial charge is 0.493 e. The molecule has 0 spiro atoms. The first-order chi connectivity index (χ1) is 14.0. The molecule has 0 radical (unpaired) electrons. The number of hydrogen-bond acceptors (Lipinski definition) is 3. The third-order valence-electron chi connectivity index (χ3n) is 4.41. The summed E-state index contributed by atoms with van der Waals surface area (Å²) in [5.41, 5.74) is 4.08. The fraction of sp³-hybridized carbons (Fsp3) is 0.417. The zero-order chi connectivity index (χ0) is 22.5. The number of amides is 2. The number of benzene rings is 2. The monoisotopic (exact) mass is 430 g/mol. The number of hydrogen-bond donors (Lipinski definition) is 1. The van der Waals surface area contributed by atoms with E-state index in [9.17, 15) is 9.59 Å². The zero-order valence-electron chi connectivity index (χ0n) is 18.6. The Kier molecular flexibility index (Phi) is 7.90. The molecule has 0 fully saturated rings. The fourth-order valence-electron chi connectivity index (χ4n) is 2.74. The highest BCUT2D eigenvalue weighted by Gasteiger charge is 2.30. The van der Waals surface area contributed by atoms with Gasteiger partial charge >= 0.3 is 0 Å². The summed E-state index contributed by atoms with van der Waals surface area (Å²) in [4.78, 5) is 26.1. The zero-order valence-corrected chi connectivity index (χ0v) is 19.3. The van der Waals surface area contributed by atoms with Crippen molar-refractivity contribution in [3.05, 3.63) is 64.2 Å². The van der Waals surface area contributed by atoms with Crippen LogP contribution in [0.15, 0.2) is 42.5 Å². The second-order valence-electron chi connectivity index (χ2n) is 8.68. The number of halogens is 1. The van der Waals surface area contributed by atoms with Crippen LogP contribution in [0.25, 0.3) is 0 Å². The molecule has 30 heavy (non-hydrogen) atoms. The van der Waals surface area contributed by atoms with Crippen molar-refractivity contribution in [1.29, 1.82) is 0 Å². The Balaban J connectivity index is 2.28. The van der Waals surface area contributed by atoms with Crippen LogP contribution >= 0.6 is 11.6 Å². The number of aryl methyl sites for hydroxylation is 1. The normalized spacial score (nSPS) is 11.3. The minimum absolute atomic E-state index is 0.340. The highest BCUT2D eigenvalue weighted by molar-refractivity contribution is 6.31. The number of nitrogens with zero attached hydrogens (tertiary/aromatic N) is 1. The van der Waals surface area contributed by atoms with Crippen LogP contribution in [0.1, 0.15) is 67.8 Å². The van der Waals surface area contributed by atoms with Gasteiger partial charge in [0.1, 0.15) is 5.75 Å². The molecule has 0 aliphatic heterocycles. The number of rotatable bonds is 6. The van der Waals surface area contributed by atoms with Crippen LogP contribution in [0, 0.1) is 5.92 Å². The molecule has 0 saturated carbocycles. The van der Waals surface area contributed by atoms with Crippen LogP contribution < -0.4 is 10.2 Å². The van der Waals surface area contributed by atoms with Gasteiger partial charge in [0, 0.05) is 16.1 Å². The van der Waals surface area contributed by atoms with Crippen LogP contribution in [0.4, 0.5) is 0 Å². The second-order valence-corrected chi connectivity index (χ2v) is 9.12. The summed E-state index contributed by atoms with van der Waals surface area (Å²) >= 11 is 6.22. The van der Waals surface area contributed by atoms with E-state index in [1.54, 1.807) is 30.3 Å². The van der Waals surface area contributed by atoms with Crippen molar-refractivity contribution < 1.29 is 14.3 Å². The average molecular weight is 431 g/mol. The predicted octanol–water partition coefficient (Wildman–Crippen LogP) is 5.52. The van der Waals surface area contributed by atoms with Gasteiger partial charge in [-0.2, -0.15) is 0 Å². The maximum absolute atomic E-state index is 13.3. The Morgan fingerprint density at radius 3 is 2.23 bits per heavy atom. The van der Waals surface area contributed by atoms with Crippen molar-refractivity contribution in [3.63, 3.8) is 0 Å². The molecule has 0 aromatic heterocycles. The number of carbonyl (C=O) groups is 2. The molecule has 0 saturated heterocycles. The molecular formula is C24H31ClN2O3. The van der Waals surface area contributed by atoms with E-state index in [1.807, 2.05) is 46.8 Å². The molecular weight excluding hydrogens is 400 g/mol. The lowest BCUT2D eigenvalue weighted by atomic mass is 10.1. The summed E-state index contributed by atoms with van der Waals surface area (Å²) in [6, 6.07) is 12.2. The van der Waals surface area contributed by atoms with Gasteiger partial charge in [0.15, 0.2) is 0 Å². The first-order valence-electron chi connectivity index (χ1n) is 10.2. The summed E-state index contributed by atoms with van der Waals surface area (Å²) in [7, 11) is 0. The van der Waals surface area contributed by atoms with Crippen LogP contribution in [0.3, 0.4) is 0 Å². The van der Waals surface area contributed by atoms with Crippen molar-refractivity contribution >= 4 is 23.4 Å². The molecule has 0 heterocycles. The number of carbonyl (C=O) groups excluding carboxylic acids is 2. The Morgan fingerprint density at radius 2 is 1.70 bits per heavy atom. The van der Waals surface area contributed by atoms with Crippen LogP contribution in [-0.2, 0) is 6.42 Å². The van der Waals surface area contributed by atoms with Gasteiger partial charge in [-0.05, 0) is 69.0 Å². The number of nitrogens with one attached hydrogen (secondary N) is 1. The first-order valence-corrected chi connectivity index (χ1v) is 10.6. The molecule has 0 aliphatic rings. The standard InChI is InChI=1S/C24H31ClN2O3/c1-7-17-8-10-18(11-9-17)22(28)26-27(24(4,5)6)23(29)19-12-20(25)14-21(13-19)30-15-16(2)3/h8-14,16H,7,15H2,1-6H3,(H,26,28). The fourth-order valence-corrected chi connectivity index (χ4v) is 2.97. The minimum Gasteiger partial charge on any atom is -0.493 e. The molecule has 0 bridgehead atoms. The van der Waals surface area contributed by atoms with Crippen molar-refractivity contribution in [2.45, 2.75) is 53.5 Å². The van der Waals surface area contributed by atoms with Crippen molar-refractivity contribution in [3.8, 4) is 5.75 Å².